The summed E-state index contributed by atoms with van der Waals surface area (Å²) in [5.41, 5.74) is 0. The van der Waals surface area contributed by atoms with Crippen LogP contribution in [0.2, 0.25) is 0 Å². The van der Waals surface area contributed by atoms with Gasteiger partial charge in [0.1, 0.15) is 0 Å². The maximum Gasteiger partial charge on any atom is 0.321 e. The first-order valence-electron chi connectivity index (χ1n) is 7.14. The fourth-order valence-corrected chi connectivity index (χ4v) is 3.55. The normalized spacial score (nSPS) is 22.6. The lowest BCUT2D eigenvalue weighted by Crippen LogP contribution is -2.52. The molecule has 0 aromatic heterocycles. The van der Waals surface area contributed by atoms with Gasteiger partial charge in [0.15, 0.2) is 0 Å². The van der Waals surface area contributed by atoms with Crippen molar-refractivity contribution in [3.05, 3.63) is 12.3 Å². The predicted molar refractivity (Wildman–Crippen MR) is 77.6 cm³/mol. The van der Waals surface area contributed by atoms with Crippen molar-refractivity contribution in [2.45, 2.75) is 25.7 Å². The Bertz CT molecular complexity index is 461. The highest BCUT2D eigenvalue weighted by Crippen LogP contribution is 2.25. The van der Waals surface area contributed by atoms with Crippen LogP contribution in [0.25, 0.3) is 0 Å². The number of rotatable bonds is 3. The monoisotopic (exact) mass is 301 g/mol. The van der Waals surface area contributed by atoms with Gasteiger partial charge in [-0.15, -0.1) is 0 Å². The van der Waals surface area contributed by atoms with E-state index in [1.807, 2.05) is 0 Å². The highest BCUT2D eigenvalue weighted by Gasteiger charge is 2.25. The van der Waals surface area contributed by atoms with Crippen LogP contribution in [0.1, 0.15) is 25.7 Å². The quantitative estimate of drug-likeness (QED) is 0.844. The third kappa shape index (κ3) is 4.21. The van der Waals surface area contributed by atoms with Crippen LogP contribution < -0.4 is 5.32 Å². The Morgan fingerprint density at radius 3 is 2.30 bits per heavy atom. The Labute approximate surface area is 120 Å². The SMILES string of the molecule is CS(=O)(=O)N1CCN(C(=O)N/C=C/C2CCCC2)CC1. The van der Waals surface area contributed by atoms with Crippen LogP contribution >= 0.6 is 0 Å². The summed E-state index contributed by atoms with van der Waals surface area (Å²) in [7, 11) is -3.14. The van der Waals surface area contributed by atoms with E-state index in [1.54, 1.807) is 11.1 Å². The second kappa shape index (κ2) is 6.58. The van der Waals surface area contributed by atoms with Crippen LogP contribution in [0, 0.1) is 5.92 Å². The molecule has 20 heavy (non-hydrogen) atoms. The molecule has 1 saturated heterocycles. The molecule has 1 N–H and O–H groups in total. The lowest BCUT2D eigenvalue weighted by Gasteiger charge is -2.32. The molecule has 0 aromatic rings. The first-order valence-corrected chi connectivity index (χ1v) is 8.99. The summed E-state index contributed by atoms with van der Waals surface area (Å²) in [6.45, 7) is 1.63. The molecule has 2 aliphatic rings. The zero-order valence-electron chi connectivity index (χ0n) is 11.9. The molecule has 114 valence electrons. The van der Waals surface area contributed by atoms with E-state index in [2.05, 4.69) is 11.4 Å². The smallest absolute Gasteiger partial charge is 0.321 e. The summed E-state index contributed by atoms with van der Waals surface area (Å²) in [5, 5.41) is 2.77. The number of sulfonamides is 1. The summed E-state index contributed by atoms with van der Waals surface area (Å²) in [4.78, 5) is 13.6. The molecule has 2 amide bonds. The van der Waals surface area contributed by atoms with Gasteiger partial charge >= 0.3 is 6.03 Å². The average molecular weight is 301 g/mol. The van der Waals surface area contributed by atoms with Crippen LogP contribution in [0.5, 0.6) is 0 Å². The topological polar surface area (TPSA) is 69.7 Å². The molecule has 6 nitrogen and oxygen atoms in total. The molecule has 1 aliphatic carbocycles. The van der Waals surface area contributed by atoms with Crippen LogP contribution in [0.15, 0.2) is 12.3 Å². The number of carbonyl (C=O) groups excluding carboxylic acids is 1. The average Bonchev–Trinajstić information content (AvgIpc) is 2.91. The van der Waals surface area contributed by atoms with Gasteiger partial charge < -0.3 is 10.2 Å². The second-order valence-electron chi connectivity index (χ2n) is 5.50. The molecule has 2 rings (SSSR count). The number of piperazine rings is 1. The summed E-state index contributed by atoms with van der Waals surface area (Å²) < 4.78 is 24.2. The highest BCUT2D eigenvalue weighted by molar-refractivity contribution is 7.88. The van der Waals surface area contributed by atoms with Gasteiger partial charge in [0.05, 0.1) is 6.26 Å². The Morgan fingerprint density at radius 1 is 1.15 bits per heavy atom. The molecule has 2 fully saturated rings. The molecule has 0 bridgehead atoms. The minimum atomic E-state index is -3.14. The number of carbonyl (C=O) groups is 1. The lowest BCUT2D eigenvalue weighted by atomic mass is 10.1. The van der Waals surface area contributed by atoms with Crippen molar-refractivity contribution in [2.75, 3.05) is 32.4 Å². The van der Waals surface area contributed by atoms with Crippen molar-refractivity contribution >= 4 is 16.1 Å². The number of nitrogens with one attached hydrogen (secondary N) is 1. The van der Waals surface area contributed by atoms with E-state index in [1.165, 1.54) is 36.2 Å². The largest absolute Gasteiger partial charge is 0.322 e. The maximum atomic E-state index is 11.9. The van der Waals surface area contributed by atoms with Gasteiger partial charge in [0, 0.05) is 32.4 Å². The molecule has 1 saturated carbocycles. The second-order valence-corrected chi connectivity index (χ2v) is 7.48. The third-order valence-corrected chi connectivity index (χ3v) is 5.27. The zero-order chi connectivity index (χ0) is 14.6. The molecular weight excluding hydrogens is 278 g/mol. The number of urea groups is 1. The van der Waals surface area contributed by atoms with E-state index in [4.69, 9.17) is 0 Å². The molecule has 0 atom stereocenters. The molecule has 0 radical (unpaired) electrons. The van der Waals surface area contributed by atoms with Crippen LogP contribution in [0.3, 0.4) is 0 Å². The van der Waals surface area contributed by atoms with Gasteiger partial charge in [0.25, 0.3) is 0 Å². The van der Waals surface area contributed by atoms with Gasteiger partial charge in [0.2, 0.25) is 10.0 Å². The highest BCUT2D eigenvalue weighted by atomic mass is 32.2. The Balaban J connectivity index is 1.74. The molecular formula is C13H23N3O3S. The first kappa shape index (κ1) is 15.3. The van der Waals surface area contributed by atoms with Crippen molar-refractivity contribution in [2.24, 2.45) is 5.92 Å². The Morgan fingerprint density at radius 2 is 1.75 bits per heavy atom. The van der Waals surface area contributed by atoms with E-state index in [0.717, 1.165) is 0 Å². The molecule has 1 aliphatic heterocycles. The van der Waals surface area contributed by atoms with Gasteiger partial charge in [-0.3, -0.25) is 0 Å². The van der Waals surface area contributed by atoms with Crippen molar-refractivity contribution < 1.29 is 13.2 Å². The molecule has 0 unspecified atom stereocenters. The summed E-state index contributed by atoms with van der Waals surface area (Å²) >= 11 is 0. The summed E-state index contributed by atoms with van der Waals surface area (Å²) in [6, 6.07) is -0.146. The van der Waals surface area contributed by atoms with Crippen molar-refractivity contribution in [3.63, 3.8) is 0 Å². The molecule has 7 heteroatoms. The first-order chi connectivity index (χ1) is 9.47. The minimum Gasteiger partial charge on any atom is -0.322 e. The minimum absolute atomic E-state index is 0.146. The van der Waals surface area contributed by atoms with Gasteiger partial charge in [-0.1, -0.05) is 18.9 Å². The Hall–Kier alpha value is -1.08. The van der Waals surface area contributed by atoms with Crippen LogP contribution in [-0.4, -0.2) is 56.1 Å². The number of hydrogen-bond donors (Lipinski definition) is 1. The molecule has 0 spiro atoms. The van der Waals surface area contributed by atoms with E-state index in [-0.39, 0.29) is 6.03 Å². The number of hydrogen-bond acceptors (Lipinski definition) is 3. The van der Waals surface area contributed by atoms with E-state index in [0.29, 0.717) is 32.1 Å². The standard InChI is InChI=1S/C13H23N3O3S/c1-20(18,19)16-10-8-15(9-11-16)13(17)14-7-6-12-4-2-3-5-12/h6-7,12H,2-5,8-11H2,1H3,(H,14,17)/b7-6+. The molecule has 0 aromatic carbocycles. The summed E-state index contributed by atoms with van der Waals surface area (Å²) in [5.74, 6) is 0.595. The summed E-state index contributed by atoms with van der Waals surface area (Å²) in [6.07, 6.45) is 9.97. The van der Waals surface area contributed by atoms with E-state index >= 15 is 0 Å². The van der Waals surface area contributed by atoms with Crippen molar-refractivity contribution in [1.29, 1.82) is 0 Å². The van der Waals surface area contributed by atoms with Crippen LogP contribution in [0.4, 0.5) is 4.79 Å². The maximum absolute atomic E-state index is 11.9. The zero-order valence-corrected chi connectivity index (χ0v) is 12.7. The number of allylic oxidation sites excluding steroid dienone is 1. The van der Waals surface area contributed by atoms with Crippen LogP contribution in [-0.2, 0) is 10.0 Å². The molecule has 1 heterocycles. The predicted octanol–water partition coefficient (Wildman–Crippen LogP) is 0.977. The van der Waals surface area contributed by atoms with E-state index in [9.17, 15) is 13.2 Å². The fraction of sp³-hybridized carbons (Fsp3) is 0.769. The lowest BCUT2D eigenvalue weighted by molar-refractivity contribution is 0.176. The van der Waals surface area contributed by atoms with Gasteiger partial charge in [-0.2, -0.15) is 4.31 Å². The van der Waals surface area contributed by atoms with Gasteiger partial charge in [-0.25, -0.2) is 13.2 Å². The number of nitrogens with zero attached hydrogens (tertiary/aromatic N) is 2. The van der Waals surface area contributed by atoms with Crippen molar-refractivity contribution in [3.8, 4) is 0 Å². The number of amides is 2. The van der Waals surface area contributed by atoms with Gasteiger partial charge in [-0.05, 0) is 18.8 Å². The fourth-order valence-electron chi connectivity index (χ4n) is 2.72. The van der Waals surface area contributed by atoms with E-state index < -0.39 is 10.0 Å². The third-order valence-electron chi connectivity index (χ3n) is 3.97. The van der Waals surface area contributed by atoms with Crippen molar-refractivity contribution in [1.82, 2.24) is 14.5 Å². The Kier molecular flexibility index (Phi) is 5.04.